The molecule has 1 amide bonds. The van der Waals surface area contributed by atoms with Crippen molar-refractivity contribution in [2.75, 3.05) is 4.90 Å². The lowest BCUT2D eigenvalue weighted by Gasteiger charge is -2.35. The Hall–Kier alpha value is -3.67. The largest absolute Gasteiger partial charge is 0.416 e. The van der Waals surface area contributed by atoms with Gasteiger partial charge >= 0.3 is 6.18 Å². The summed E-state index contributed by atoms with van der Waals surface area (Å²) in [6.07, 6.45) is -4.29. The van der Waals surface area contributed by atoms with Gasteiger partial charge in [0.15, 0.2) is 0 Å². The highest BCUT2D eigenvalue weighted by Crippen LogP contribution is 2.45. The second-order valence-electron chi connectivity index (χ2n) is 8.20. The number of benzene rings is 4. The second kappa shape index (κ2) is 8.03. The number of carbonyl (C=O) groups excluding carboxylic acids is 1. The quantitative estimate of drug-likeness (QED) is 0.307. The van der Waals surface area contributed by atoms with E-state index >= 15 is 0 Å². The average Bonchev–Trinajstić information content (AvgIpc) is 2.81. The lowest BCUT2D eigenvalue weighted by molar-refractivity contribution is -0.137. The third-order valence-electron chi connectivity index (χ3n) is 6.16. The highest BCUT2D eigenvalue weighted by molar-refractivity contribution is 6.03. The molecule has 4 aromatic carbocycles. The molecule has 1 unspecified atom stereocenters. The maximum absolute atomic E-state index is 13.3. The van der Waals surface area contributed by atoms with Gasteiger partial charge in [-0.2, -0.15) is 13.2 Å². The number of nitrogens with zero attached hydrogens (tertiary/aromatic N) is 1. The Labute approximate surface area is 188 Å². The fraction of sp³-hybridized carbons (Fsp3) is 0.148. The molecule has 1 atom stereocenters. The van der Waals surface area contributed by atoms with Gasteiger partial charge in [-0.05, 0) is 57.8 Å². The number of rotatable bonds is 3. The minimum atomic E-state index is -4.42. The molecule has 33 heavy (non-hydrogen) atoms. The molecule has 2 nitrogen and oxygen atoms in total. The first-order valence-corrected chi connectivity index (χ1v) is 10.5. The molecule has 0 radical (unpaired) electrons. The van der Waals surface area contributed by atoms with E-state index in [2.05, 4.69) is 0 Å². The van der Waals surface area contributed by atoms with E-state index in [1.54, 1.807) is 17.0 Å². The number of anilines is 1. The normalized spacial score (nSPS) is 16.2. The van der Waals surface area contributed by atoms with Crippen LogP contribution in [-0.2, 0) is 17.5 Å². The zero-order valence-corrected chi connectivity index (χ0v) is 17.4. The summed E-state index contributed by atoms with van der Waals surface area (Å²) in [4.78, 5) is 14.9. The van der Waals surface area contributed by atoms with Gasteiger partial charge in [0.25, 0.3) is 0 Å². The first kappa shape index (κ1) is 21.2. The number of fused-ring (bicyclic) bond motifs is 3. The number of amides is 1. The second-order valence-corrected chi connectivity index (χ2v) is 8.20. The van der Waals surface area contributed by atoms with Crippen LogP contribution >= 0.6 is 0 Å². The molecular weight excluding hydrogens is 430 g/mol. The van der Waals surface area contributed by atoms with Crippen LogP contribution in [0, 0.1) is 5.82 Å². The van der Waals surface area contributed by atoms with E-state index in [1.165, 1.54) is 24.3 Å². The Kier molecular flexibility index (Phi) is 5.16. The van der Waals surface area contributed by atoms with Crippen molar-refractivity contribution in [3.63, 3.8) is 0 Å². The van der Waals surface area contributed by atoms with Gasteiger partial charge in [0.05, 0.1) is 12.1 Å². The van der Waals surface area contributed by atoms with E-state index in [9.17, 15) is 22.4 Å². The van der Waals surface area contributed by atoms with Crippen molar-refractivity contribution in [3.05, 3.63) is 113 Å². The van der Waals surface area contributed by atoms with Gasteiger partial charge in [-0.25, -0.2) is 4.39 Å². The minimum Gasteiger partial charge on any atom is -0.308 e. The lowest BCUT2D eigenvalue weighted by atomic mass is 9.81. The highest BCUT2D eigenvalue weighted by atomic mass is 19.4. The predicted molar refractivity (Wildman–Crippen MR) is 119 cm³/mol. The number of carbonyl (C=O) groups is 1. The third kappa shape index (κ3) is 3.97. The molecule has 1 heterocycles. The third-order valence-corrected chi connectivity index (χ3v) is 6.16. The van der Waals surface area contributed by atoms with Gasteiger partial charge in [-0.15, -0.1) is 0 Å². The Bertz CT molecular complexity index is 1330. The average molecular weight is 449 g/mol. The maximum Gasteiger partial charge on any atom is 0.416 e. The van der Waals surface area contributed by atoms with E-state index in [0.717, 1.165) is 39.7 Å². The van der Waals surface area contributed by atoms with Crippen LogP contribution < -0.4 is 4.90 Å². The first-order chi connectivity index (χ1) is 15.8. The SMILES string of the molecule is O=C1CC(c2ccc(C(F)(F)F)cc2)c2c(ccc3ccccc23)N1Cc1ccc(F)cc1. The Morgan fingerprint density at radius 3 is 2.24 bits per heavy atom. The van der Waals surface area contributed by atoms with Crippen LogP contribution in [0.4, 0.5) is 23.2 Å². The highest BCUT2D eigenvalue weighted by Gasteiger charge is 2.35. The zero-order valence-electron chi connectivity index (χ0n) is 17.4. The van der Waals surface area contributed by atoms with Crippen molar-refractivity contribution >= 4 is 22.4 Å². The molecule has 5 rings (SSSR count). The summed E-state index contributed by atoms with van der Waals surface area (Å²) in [5.41, 5.74) is 2.37. The molecule has 0 saturated carbocycles. The smallest absolute Gasteiger partial charge is 0.308 e. The summed E-state index contributed by atoms with van der Waals surface area (Å²) in [7, 11) is 0. The number of halogens is 4. The molecule has 0 aromatic heterocycles. The van der Waals surface area contributed by atoms with Crippen LogP contribution in [0.2, 0.25) is 0 Å². The molecule has 166 valence electrons. The van der Waals surface area contributed by atoms with Gasteiger partial charge in [-0.1, -0.05) is 54.6 Å². The molecule has 0 spiro atoms. The van der Waals surface area contributed by atoms with Crippen molar-refractivity contribution in [2.24, 2.45) is 0 Å². The Morgan fingerprint density at radius 1 is 0.848 bits per heavy atom. The summed E-state index contributed by atoms with van der Waals surface area (Å²) < 4.78 is 52.6. The van der Waals surface area contributed by atoms with Gasteiger partial charge < -0.3 is 4.90 Å². The van der Waals surface area contributed by atoms with Gasteiger partial charge in [0, 0.05) is 18.0 Å². The monoisotopic (exact) mass is 449 g/mol. The standard InChI is InChI=1S/C27H19F4NO/c28-21-12-5-17(6-13-21)16-32-24-14-9-18-3-1-2-4-22(18)26(24)23(15-25(32)33)19-7-10-20(11-8-19)27(29,30)31/h1-14,23H,15-16H2. The number of hydrogen-bond donors (Lipinski definition) is 0. The Balaban J connectivity index is 1.63. The summed E-state index contributed by atoms with van der Waals surface area (Å²) in [5.74, 6) is -0.852. The summed E-state index contributed by atoms with van der Waals surface area (Å²) in [6, 6.07) is 22.7. The van der Waals surface area contributed by atoms with Crippen LogP contribution in [0.3, 0.4) is 0 Å². The van der Waals surface area contributed by atoms with Crippen LogP contribution in [-0.4, -0.2) is 5.91 Å². The predicted octanol–water partition coefficient (Wildman–Crippen LogP) is 7.07. The summed E-state index contributed by atoms with van der Waals surface area (Å²) >= 11 is 0. The maximum atomic E-state index is 13.3. The first-order valence-electron chi connectivity index (χ1n) is 10.5. The lowest BCUT2D eigenvalue weighted by Crippen LogP contribution is -2.36. The number of alkyl halides is 3. The van der Waals surface area contributed by atoms with Gasteiger partial charge in [0.2, 0.25) is 5.91 Å². The van der Waals surface area contributed by atoms with Crippen molar-refractivity contribution in [1.82, 2.24) is 0 Å². The molecule has 0 aliphatic carbocycles. The molecule has 0 N–H and O–H groups in total. The van der Waals surface area contributed by atoms with Crippen LogP contribution in [0.5, 0.6) is 0 Å². The molecule has 0 saturated heterocycles. The van der Waals surface area contributed by atoms with Crippen molar-refractivity contribution < 1.29 is 22.4 Å². The number of hydrogen-bond acceptors (Lipinski definition) is 1. The van der Waals surface area contributed by atoms with E-state index in [1.807, 2.05) is 36.4 Å². The topological polar surface area (TPSA) is 20.3 Å². The van der Waals surface area contributed by atoms with E-state index < -0.39 is 11.7 Å². The molecule has 1 aliphatic heterocycles. The molecule has 0 bridgehead atoms. The van der Waals surface area contributed by atoms with Crippen LogP contribution in [0.1, 0.15) is 34.6 Å². The zero-order chi connectivity index (χ0) is 23.2. The van der Waals surface area contributed by atoms with Crippen LogP contribution in [0.25, 0.3) is 10.8 Å². The van der Waals surface area contributed by atoms with E-state index in [0.29, 0.717) is 5.56 Å². The van der Waals surface area contributed by atoms with Crippen LogP contribution in [0.15, 0.2) is 84.9 Å². The van der Waals surface area contributed by atoms with Gasteiger partial charge in [0.1, 0.15) is 5.82 Å². The Morgan fingerprint density at radius 2 is 1.55 bits per heavy atom. The molecular formula is C27H19F4NO. The molecule has 0 fully saturated rings. The fourth-order valence-electron chi connectivity index (χ4n) is 4.54. The van der Waals surface area contributed by atoms with Gasteiger partial charge in [-0.3, -0.25) is 4.79 Å². The van der Waals surface area contributed by atoms with Crippen molar-refractivity contribution in [1.29, 1.82) is 0 Å². The summed E-state index contributed by atoms with van der Waals surface area (Å²) in [6.45, 7) is 0.282. The van der Waals surface area contributed by atoms with E-state index in [4.69, 9.17) is 0 Å². The summed E-state index contributed by atoms with van der Waals surface area (Å²) in [5, 5.41) is 1.95. The molecule has 6 heteroatoms. The molecule has 1 aliphatic rings. The van der Waals surface area contributed by atoms with Crippen molar-refractivity contribution in [3.8, 4) is 0 Å². The van der Waals surface area contributed by atoms with Crippen molar-refractivity contribution in [2.45, 2.75) is 25.1 Å². The minimum absolute atomic E-state index is 0.132. The molecule has 4 aromatic rings. The van der Waals surface area contributed by atoms with E-state index in [-0.39, 0.29) is 30.6 Å². The fourth-order valence-corrected chi connectivity index (χ4v) is 4.54.